The molecule has 0 spiro atoms. The van der Waals surface area contributed by atoms with E-state index in [1.807, 2.05) is 0 Å². The van der Waals surface area contributed by atoms with Crippen molar-refractivity contribution in [2.75, 3.05) is 18.4 Å². The molecule has 3 N–H and O–H groups in total. The van der Waals surface area contributed by atoms with Crippen molar-refractivity contribution in [3.63, 3.8) is 0 Å². The normalized spacial score (nSPS) is 11.0. The van der Waals surface area contributed by atoms with Crippen molar-refractivity contribution in [3.05, 3.63) is 24.0 Å². The highest BCUT2D eigenvalue weighted by Gasteiger charge is 2.15. The van der Waals surface area contributed by atoms with E-state index in [4.69, 9.17) is 5.73 Å². The van der Waals surface area contributed by atoms with E-state index in [-0.39, 0.29) is 11.6 Å². The van der Waals surface area contributed by atoms with Gasteiger partial charge in [-0.2, -0.15) is 5.10 Å². The second-order valence-corrected chi connectivity index (χ2v) is 3.89. The first kappa shape index (κ1) is 13.3. The Morgan fingerprint density at radius 3 is 2.74 bits per heavy atom. The Labute approximate surface area is 108 Å². The minimum Gasteiger partial charge on any atom is -0.353 e. The predicted molar refractivity (Wildman–Crippen MR) is 66.7 cm³/mol. The maximum atomic E-state index is 12.8. The van der Waals surface area contributed by atoms with E-state index in [0.29, 0.717) is 24.5 Å². The zero-order chi connectivity index (χ0) is 13.8. The SMILES string of the molecule is Cn1ccc(-c2cc(C(F)F)nc(NCCN)n2)n1. The summed E-state index contributed by atoms with van der Waals surface area (Å²) in [6.07, 6.45) is -0.948. The second-order valence-electron chi connectivity index (χ2n) is 3.89. The number of hydrogen-bond acceptors (Lipinski definition) is 5. The Bertz CT molecular complexity index is 554. The van der Waals surface area contributed by atoms with Crippen LogP contribution in [0.5, 0.6) is 0 Å². The lowest BCUT2D eigenvalue weighted by Gasteiger charge is -2.07. The fraction of sp³-hybridized carbons (Fsp3) is 0.364. The third-order valence-corrected chi connectivity index (χ3v) is 2.37. The molecule has 0 amide bonds. The van der Waals surface area contributed by atoms with Gasteiger partial charge in [0, 0.05) is 26.3 Å². The first-order valence-corrected chi connectivity index (χ1v) is 5.71. The van der Waals surface area contributed by atoms with Gasteiger partial charge in [-0.3, -0.25) is 4.68 Å². The summed E-state index contributed by atoms with van der Waals surface area (Å²) >= 11 is 0. The molecule has 0 aliphatic rings. The minimum atomic E-state index is -2.66. The third kappa shape index (κ3) is 3.22. The summed E-state index contributed by atoms with van der Waals surface area (Å²) in [5.41, 5.74) is 5.88. The van der Waals surface area contributed by atoms with Gasteiger partial charge in [0.15, 0.2) is 0 Å². The number of alkyl halides is 2. The van der Waals surface area contributed by atoms with Crippen LogP contribution in [0.25, 0.3) is 11.4 Å². The number of hydrogen-bond donors (Lipinski definition) is 2. The van der Waals surface area contributed by atoms with Crippen LogP contribution < -0.4 is 11.1 Å². The highest BCUT2D eigenvalue weighted by molar-refractivity contribution is 5.56. The minimum absolute atomic E-state index is 0.129. The number of nitrogens with one attached hydrogen (secondary N) is 1. The second kappa shape index (κ2) is 5.70. The van der Waals surface area contributed by atoms with Crippen molar-refractivity contribution in [1.29, 1.82) is 0 Å². The van der Waals surface area contributed by atoms with Crippen LogP contribution in [0.3, 0.4) is 0 Å². The molecule has 0 unspecified atom stereocenters. The molecule has 8 heteroatoms. The highest BCUT2D eigenvalue weighted by atomic mass is 19.3. The Kier molecular flexibility index (Phi) is 4.00. The molecule has 0 saturated carbocycles. The van der Waals surface area contributed by atoms with Gasteiger partial charge in [0.05, 0.1) is 5.69 Å². The Hall–Kier alpha value is -2.09. The van der Waals surface area contributed by atoms with E-state index < -0.39 is 6.43 Å². The van der Waals surface area contributed by atoms with E-state index in [0.717, 1.165) is 0 Å². The van der Waals surface area contributed by atoms with Crippen molar-refractivity contribution < 1.29 is 8.78 Å². The molecule has 102 valence electrons. The van der Waals surface area contributed by atoms with E-state index in [2.05, 4.69) is 20.4 Å². The van der Waals surface area contributed by atoms with Crippen molar-refractivity contribution in [3.8, 4) is 11.4 Å². The molecule has 2 rings (SSSR count). The molecule has 2 heterocycles. The van der Waals surface area contributed by atoms with Gasteiger partial charge in [-0.05, 0) is 12.1 Å². The zero-order valence-electron chi connectivity index (χ0n) is 10.3. The fourth-order valence-corrected chi connectivity index (χ4v) is 1.52. The van der Waals surface area contributed by atoms with Gasteiger partial charge in [-0.25, -0.2) is 18.7 Å². The number of nitrogens with zero attached hydrogens (tertiary/aromatic N) is 4. The molecule has 0 bridgehead atoms. The summed E-state index contributed by atoms with van der Waals surface area (Å²) in [6.45, 7) is 0.773. The van der Waals surface area contributed by atoms with Gasteiger partial charge in [0.1, 0.15) is 11.4 Å². The quantitative estimate of drug-likeness (QED) is 0.851. The molecule has 0 radical (unpaired) electrons. The number of aryl methyl sites for hydroxylation is 1. The van der Waals surface area contributed by atoms with Gasteiger partial charge in [-0.15, -0.1) is 0 Å². The molecule has 0 atom stereocenters. The van der Waals surface area contributed by atoms with E-state index in [1.165, 1.54) is 6.07 Å². The van der Waals surface area contributed by atoms with E-state index in [9.17, 15) is 8.78 Å². The number of rotatable bonds is 5. The lowest BCUT2D eigenvalue weighted by molar-refractivity contribution is 0.146. The zero-order valence-corrected chi connectivity index (χ0v) is 10.3. The summed E-state index contributed by atoms with van der Waals surface area (Å²) in [7, 11) is 1.74. The fourth-order valence-electron chi connectivity index (χ4n) is 1.52. The van der Waals surface area contributed by atoms with Crippen LogP contribution in [-0.4, -0.2) is 32.8 Å². The average Bonchev–Trinajstić information content (AvgIpc) is 2.82. The van der Waals surface area contributed by atoms with Crippen molar-refractivity contribution in [2.45, 2.75) is 6.43 Å². The molecular formula is C11H14F2N6. The van der Waals surface area contributed by atoms with Gasteiger partial charge < -0.3 is 11.1 Å². The largest absolute Gasteiger partial charge is 0.353 e. The van der Waals surface area contributed by atoms with Crippen LogP contribution in [0.2, 0.25) is 0 Å². The molecule has 0 aliphatic carbocycles. The summed E-state index contributed by atoms with van der Waals surface area (Å²) < 4.78 is 27.2. The number of nitrogens with two attached hydrogens (primary N) is 1. The Morgan fingerprint density at radius 2 is 2.16 bits per heavy atom. The predicted octanol–water partition coefficient (Wildman–Crippen LogP) is 1.19. The maximum absolute atomic E-state index is 12.8. The number of halogens is 2. The lowest BCUT2D eigenvalue weighted by atomic mass is 10.2. The van der Waals surface area contributed by atoms with Crippen molar-refractivity contribution >= 4 is 5.95 Å². The number of aromatic nitrogens is 4. The summed E-state index contributed by atoms with van der Waals surface area (Å²) in [5, 5.41) is 6.92. The van der Waals surface area contributed by atoms with E-state index >= 15 is 0 Å². The van der Waals surface area contributed by atoms with Crippen LogP contribution in [0.15, 0.2) is 18.3 Å². The van der Waals surface area contributed by atoms with Crippen LogP contribution in [0.1, 0.15) is 12.1 Å². The summed E-state index contributed by atoms with van der Waals surface area (Å²) in [6, 6.07) is 2.94. The molecule has 0 saturated heterocycles. The van der Waals surface area contributed by atoms with Crippen LogP contribution in [0, 0.1) is 0 Å². The van der Waals surface area contributed by atoms with Crippen LogP contribution >= 0.6 is 0 Å². The highest BCUT2D eigenvalue weighted by Crippen LogP contribution is 2.23. The van der Waals surface area contributed by atoms with Crippen LogP contribution in [-0.2, 0) is 7.05 Å². The molecule has 2 aromatic rings. The topological polar surface area (TPSA) is 81.7 Å². The first-order chi connectivity index (χ1) is 9.10. The molecule has 0 fully saturated rings. The molecule has 0 aliphatic heterocycles. The smallest absolute Gasteiger partial charge is 0.280 e. The number of anilines is 1. The lowest BCUT2D eigenvalue weighted by Crippen LogP contribution is -2.15. The van der Waals surface area contributed by atoms with Gasteiger partial charge in [-0.1, -0.05) is 0 Å². The molecule has 19 heavy (non-hydrogen) atoms. The Balaban J connectivity index is 2.39. The van der Waals surface area contributed by atoms with Gasteiger partial charge in [0.2, 0.25) is 5.95 Å². The van der Waals surface area contributed by atoms with Gasteiger partial charge >= 0.3 is 0 Å². The average molecular weight is 268 g/mol. The third-order valence-electron chi connectivity index (χ3n) is 2.37. The standard InChI is InChI=1S/C11H14F2N6/c1-19-5-2-7(18-19)8-6-9(10(12)13)17-11(16-8)15-4-3-14/h2,5-6,10H,3-4,14H2,1H3,(H,15,16,17). The monoisotopic (exact) mass is 268 g/mol. The van der Waals surface area contributed by atoms with Gasteiger partial charge in [0.25, 0.3) is 6.43 Å². The Morgan fingerprint density at radius 1 is 1.37 bits per heavy atom. The summed E-state index contributed by atoms with van der Waals surface area (Å²) in [5.74, 6) is 0.129. The molecule has 2 aromatic heterocycles. The van der Waals surface area contributed by atoms with Crippen LogP contribution in [0.4, 0.5) is 14.7 Å². The molecular weight excluding hydrogens is 254 g/mol. The maximum Gasteiger partial charge on any atom is 0.280 e. The molecule has 6 nitrogen and oxygen atoms in total. The molecule has 0 aromatic carbocycles. The van der Waals surface area contributed by atoms with Crippen molar-refractivity contribution in [1.82, 2.24) is 19.7 Å². The van der Waals surface area contributed by atoms with E-state index in [1.54, 1.807) is 24.0 Å². The van der Waals surface area contributed by atoms with Crippen molar-refractivity contribution in [2.24, 2.45) is 12.8 Å². The first-order valence-electron chi connectivity index (χ1n) is 5.71. The summed E-state index contributed by atoms with van der Waals surface area (Å²) in [4.78, 5) is 7.89.